The predicted octanol–water partition coefficient (Wildman–Crippen LogP) is 0.680. The number of ether oxygens (including phenoxy) is 1. The first-order valence-electron chi connectivity index (χ1n) is 6.86. The lowest BCUT2D eigenvalue weighted by atomic mass is 10.2. The van der Waals surface area contributed by atoms with Crippen LogP contribution in [0, 0.1) is 6.92 Å². The number of carbonyl (C=O) groups is 2. The van der Waals surface area contributed by atoms with Crippen molar-refractivity contribution >= 4 is 29.2 Å². The van der Waals surface area contributed by atoms with Gasteiger partial charge in [0.1, 0.15) is 6.54 Å². The molecule has 0 unspecified atom stereocenters. The van der Waals surface area contributed by atoms with Gasteiger partial charge in [-0.05, 0) is 30.7 Å². The van der Waals surface area contributed by atoms with Crippen LogP contribution in [0.15, 0.2) is 40.1 Å². The summed E-state index contributed by atoms with van der Waals surface area (Å²) in [6, 6.07) is 6.05. The van der Waals surface area contributed by atoms with Gasteiger partial charge in [-0.1, -0.05) is 11.6 Å². The molecule has 2 rings (SSSR count). The molecule has 8 nitrogen and oxygen atoms in total. The van der Waals surface area contributed by atoms with Crippen molar-refractivity contribution in [2.75, 3.05) is 11.9 Å². The number of aromatic nitrogens is 2. The van der Waals surface area contributed by atoms with Gasteiger partial charge in [0, 0.05) is 23.0 Å². The van der Waals surface area contributed by atoms with Crippen LogP contribution in [-0.2, 0) is 20.9 Å². The van der Waals surface area contributed by atoms with Gasteiger partial charge in [0.25, 0.3) is 11.5 Å². The van der Waals surface area contributed by atoms with Crippen LogP contribution in [0.4, 0.5) is 5.69 Å². The molecule has 0 saturated carbocycles. The minimum atomic E-state index is -0.785. The largest absolute Gasteiger partial charge is 0.454 e. The van der Waals surface area contributed by atoms with E-state index < -0.39 is 36.3 Å². The van der Waals surface area contributed by atoms with Gasteiger partial charge >= 0.3 is 11.7 Å². The molecule has 0 radical (unpaired) electrons. The zero-order chi connectivity index (χ0) is 17.7. The SMILES string of the molecule is Cc1cc(Cl)ccc1NC(=O)COC(=O)Cn1ccc(=O)[nH]c1=O. The molecule has 0 atom stereocenters. The van der Waals surface area contributed by atoms with Gasteiger partial charge in [-0.2, -0.15) is 0 Å². The molecular formula is C15H14ClN3O5. The number of rotatable bonds is 5. The van der Waals surface area contributed by atoms with Crippen molar-refractivity contribution in [3.63, 3.8) is 0 Å². The van der Waals surface area contributed by atoms with Crippen molar-refractivity contribution in [1.82, 2.24) is 9.55 Å². The van der Waals surface area contributed by atoms with Gasteiger partial charge in [0.2, 0.25) is 0 Å². The Morgan fingerprint density at radius 3 is 2.71 bits per heavy atom. The lowest BCUT2D eigenvalue weighted by Crippen LogP contribution is -2.32. The van der Waals surface area contributed by atoms with Crippen molar-refractivity contribution in [1.29, 1.82) is 0 Å². The molecule has 2 N–H and O–H groups in total. The van der Waals surface area contributed by atoms with Crippen LogP contribution in [0.3, 0.4) is 0 Å². The Morgan fingerprint density at radius 1 is 1.29 bits per heavy atom. The van der Waals surface area contributed by atoms with Crippen molar-refractivity contribution in [2.45, 2.75) is 13.5 Å². The van der Waals surface area contributed by atoms with Crippen LogP contribution >= 0.6 is 11.6 Å². The highest BCUT2D eigenvalue weighted by Crippen LogP contribution is 2.19. The minimum Gasteiger partial charge on any atom is -0.454 e. The number of benzene rings is 1. The lowest BCUT2D eigenvalue weighted by molar-refractivity contribution is -0.148. The van der Waals surface area contributed by atoms with E-state index in [0.717, 1.165) is 16.2 Å². The highest BCUT2D eigenvalue weighted by atomic mass is 35.5. The second-order valence-corrected chi connectivity index (χ2v) is 5.34. The molecule has 0 bridgehead atoms. The fourth-order valence-corrected chi connectivity index (χ4v) is 2.08. The highest BCUT2D eigenvalue weighted by Gasteiger charge is 2.10. The Hall–Kier alpha value is -2.87. The van der Waals surface area contributed by atoms with E-state index in [1.54, 1.807) is 25.1 Å². The Bertz CT molecular complexity index is 887. The molecular weight excluding hydrogens is 338 g/mol. The molecule has 0 fully saturated rings. The number of anilines is 1. The van der Waals surface area contributed by atoms with Crippen molar-refractivity contribution in [2.24, 2.45) is 0 Å². The third-order valence-electron chi connectivity index (χ3n) is 3.02. The van der Waals surface area contributed by atoms with Crippen molar-refractivity contribution in [3.05, 3.63) is 61.9 Å². The quantitative estimate of drug-likeness (QED) is 0.770. The zero-order valence-electron chi connectivity index (χ0n) is 12.7. The Labute approximate surface area is 141 Å². The molecule has 126 valence electrons. The van der Waals surface area contributed by atoms with Gasteiger partial charge < -0.3 is 10.1 Å². The summed E-state index contributed by atoms with van der Waals surface area (Å²) in [6.07, 6.45) is 1.17. The van der Waals surface area contributed by atoms with Gasteiger partial charge in [-0.15, -0.1) is 0 Å². The summed E-state index contributed by atoms with van der Waals surface area (Å²) in [7, 11) is 0. The van der Waals surface area contributed by atoms with E-state index in [4.69, 9.17) is 16.3 Å². The Kier molecular flexibility index (Phi) is 5.54. The van der Waals surface area contributed by atoms with Gasteiger partial charge in [0.05, 0.1) is 0 Å². The third kappa shape index (κ3) is 4.82. The average molecular weight is 352 g/mol. The third-order valence-corrected chi connectivity index (χ3v) is 3.26. The van der Waals surface area contributed by atoms with Gasteiger partial charge in [-0.25, -0.2) is 4.79 Å². The molecule has 0 spiro atoms. The molecule has 1 amide bonds. The number of halogens is 1. The van der Waals surface area contributed by atoms with Crippen LogP contribution in [0.1, 0.15) is 5.56 Å². The molecule has 0 aliphatic rings. The summed E-state index contributed by atoms with van der Waals surface area (Å²) < 4.78 is 5.76. The van der Waals surface area contributed by atoms with Gasteiger partial charge in [-0.3, -0.25) is 23.9 Å². The molecule has 2 aromatic rings. The van der Waals surface area contributed by atoms with E-state index in [1.807, 2.05) is 4.98 Å². The number of hydrogen-bond donors (Lipinski definition) is 2. The molecule has 0 saturated heterocycles. The predicted molar refractivity (Wildman–Crippen MR) is 87.1 cm³/mol. The molecule has 0 aliphatic heterocycles. The number of nitrogens with zero attached hydrogens (tertiary/aromatic N) is 1. The maximum Gasteiger partial charge on any atom is 0.328 e. The smallest absolute Gasteiger partial charge is 0.328 e. The Balaban J connectivity index is 1.88. The fraction of sp³-hybridized carbons (Fsp3) is 0.200. The van der Waals surface area contributed by atoms with Crippen LogP contribution in [0.5, 0.6) is 0 Å². The van der Waals surface area contributed by atoms with Crippen LogP contribution in [0.25, 0.3) is 0 Å². The summed E-state index contributed by atoms with van der Waals surface area (Å²) in [5, 5.41) is 3.13. The van der Waals surface area contributed by atoms with Crippen LogP contribution in [-0.4, -0.2) is 28.0 Å². The molecule has 1 heterocycles. The van der Waals surface area contributed by atoms with E-state index in [9.17, 15) is 19.2 Å². The first-order chi connectivity index (χ1) is 11.3. The maximum absolute atomic E-state index is 11.8. The van der Waals surface area contributed by atoms with E-state index in [2.05, 4.69) is 5.32 Å². The molecule has 24 heavy (non-hydrogen) atoms. The summed E-state index contributed by atoms with van der Waals surface area (Å²) in [5.74, 6) is -1.31. The highest BCUT2D eigenvalue weighted by molar-refractivity contribution is 6.30. The average Bonchev–Trinajstić information content (AvgIpc) is 2.51. The lowest BCUT2D eigenvalue weighted by Gasteiger charge is -2.09. The number of H-pyrrole nitrogens is 1. The standard InChI is InChI=1S/C15H14ClN3O5/c1-9-6-10(16)2-3-11(9)17-13(21)8-24-14(22)7-19-5-4-12(20)18-15(19)23/h2-6H,7-8H2,1H3,(H,17,21)(H,18,20,23). The summed E-state index contributed by atoms with van der Waals surface area (Å²) >= 11 is 5.82. The zero-order valence-corrected chi connectivity index (χ0v) is 13.4. The van der Waals surface area contributed by atoms with Gasteiger partial charge in [0.15, 0.2) is 6.61 Å². The van der Waals surface area contributed by atoms with E-state index >= 15 is 0 Å². The van der Waals surface area contributed by atoms with Crippen LogP contribution in [0.2, 0.25) is 5.02 Å². The number of nitrogens with one attached hydrogen (secondary N) is 2. The molecule has 0 aliphatic carbocycles. The molecule has 9 heteroatoms. The monoisotopic (exact) mass is 351 g/mol. The van der Waals surface area contributed by atoms with Crippen molar-refractivity contribution < 1.29 is 14.3 Å². The minimum absolute atomic E-state index is 0.414. The van der Waals surface area contributed by atoms with E-state index in [-0.39, 0.29) is 0 Å². The summed E-state index contributed by atoms with van der Waals surface area (Å²) in [4.78, 5) is 47.8. The Morgan fingerprint density at radius 2 is 2.04 bits per heavy atom. The molecule has 1 aromatic carbocycles. The number of aromatic amines is 1. The fourth-order valence-electron chi connectivity index (χ4n) is 1.85. The second kappa shape index (κ2) is 7.60. The van der Waals surface area contributed by atoms with E-state index in [0.29, 0.717) is 10.7 Å². The summed E-state index contributed by atoms with van der Waals surface area (Å²) in [5.41, 5.74) is 0.0160. The second-order valence-electron chi connectivity index (χ2n) is 4.91. The number of hydrogen-bond acceptors (Lipinski definition) is 5. The molecule has 1 aromatic heterocycles. The maximum atomic E-state index is 11.8. The van der Waals surface area contributed by atoms with Crippen LogP contribution < -0.4 is 16.6 Å². The van der Waals surface area contributed by atoms with Crippen molar-refractivity contribution in [3.8, 4) is 0 Å². The topological polar surface area (TPSA) is 110 Å². The number of amides is 1. The van der Waals surface area contributed by atoms with E-state index in [1.165, 1.54) is 6.20 Å². The number of esters is 1. The first kappa shape index (κ1) is 17.5. The normalized spacial score (nSPS) is 10.2. The first-order valence-corrected chi connectivity index (χ1v) is 7.24. The number of carbonyl (C=O) groups excluding carboxylic acids is 2. The summed E-state index contributed by atoms with van der Waals surface area (Å²) in [6.45, 7) is 0.859. The number of aryl methyl sites for hydroxylation is 1.